The molecule has 1 aliphatic rings. The predicted molar refractivity (Wildman–Crippen MR) is 116 cm³/mol. The molecule has 2 heterocycles. The molecule has 5 rings (SSSR count). The van der Waals surface area contributed by atoms with E-state index in [4.69, 9.17) is 20.8 Å². The summed E-state index contributed by atoms with van der Waals surface area (Å²) in [5, 5.41) is 0.541. The highest BCUT2D eigenvalue weighted by Crippen LogP contribution is 2.42. The quantitative estimate of drug-likeness (QED) is 0.435. The summed E-state index contributed by atoms with van der Waals surface area (Å²) in [6.45, 7) is 0. The number of halogens is 2. The lowest BCUT2D eigenvalue weighted by Gasteiger charge is -2.25. The maximum absolute atomic E-state index is 13.8. The van der Waals surface area contributed by atoms with E-state index in [2.05, 4.69) is 0 Å². The molecule has 7 heteroatoms. The Labute approximate surface area is 181 Å². The van der Waals surface area contributed by atoms with Gasteiger partial charge in [0.05, 0.1) is 24.1 Å². The van der Waals surface area contributed by atoms with Gasteiger partial charge in [-0.15, -0.1) is 0 Å². The predicted octanol–water partition coefficient (Wildman–Crippen LogP) is 5.34. The maximum Gasteiger partial charge on any atom is 0.295 e. The van der Waals surface area contributed by atoms with Crippen molar-refractivity contribution in [2.75, 3.05) is 12.0 Å². The van der Waals surface area contributed by atoms with Crippen molar-refractivity contribution in [2.45, 2.75) is 6.04 Å². The third kappa shape index (κ3) is 3.07. The monoisotopic (exact) mass is 435 g/mol. The van der Waals surface area contributed by atoms with Gasteiger partial charge in [0.1, 0.15) is 17.1 Å². The van der Waals surface area contributed by atoms with Crippen LogP contribution in [0.15, 0.2) is 75.9 Å². The number of anilines is 1. The Kier molecular flexibility index (Phi) is 4.52. The molecule has 0 spiro atoms. The van der Waals surface area contributed by atoms with Crippen molar-refractivity contribution in [1.29, 1.82) is 0 Å². The van der Waals surface area contributed by atoms with E-state index in [9.17, 15) is 14.0 Å². The molecule has 1 atom stereocenters. The minimum atomic E-state index is -0.779. The Hall–Kier alpha value is -3.64. The summed E-state index contributed by atoms with van der Waals surface area (Å²) in [5.41, 5.74) is 1.04. The van der Waals surface area contributed by atoms with E-state index in [0.717, 1.165) is 6.07 Å². The Morgan fingerprint density at radius 1 is 1.03 bits per heavy atom. The Bertz CT molecular complexity index is 1400. The van der Waals surface area contributed by atoms with E-state index in [1.807, 2.05) is 0 Å². The molecule has 1 amide bonds. The van der Waals surface area contributed by atoms with Gasteiger partial charge >= 0.3 is 0 Å². The molecule has 1 aliphatic heterocycles. The average molecular weight is 436 g/mol. The van der Waals surface area contributed by atoms with E-state index < -0.39 is 23.2 Å². The second-order valence-electron chi connectivity index (χ2n) is 7.15. The fourth-order valence-electron chi connectivity index (χ4n) is 3.95. The van der Waals surface area contributed by atoms with Crippen molar-refractivity contribution in [1.82, 2.24) is 0 Å². The Morgan fingerprint density at radius 3 is 2.52 bits per heavy atom. The van der Waals surface area contributed by atoms with Gasteiger partial charge in [0.2, 0.25) is 5.76 Å². The Morgan fingerprint density at radius 2 is 1.81 bits per heavy atom. The van der Waals surface area contributed by atoms with Gasteiger partial charge in [0, 0.05) is 10.7 Å². The van der Waals surface area contributed by atoms with Gasteiger partial charge in [0.25, 0.3) is 5.91 Å². The van der Waals surface area contributed by atoms with Gasteiger partial charge in [0.15, 0.2) is 5.43 Å². The van der Waals surface area contributed by atoms with Crippen LogP contribution in [0.1, 0.15) is 27.7 Å². The molecule has 0 fully saturated rings. The largest absolute Gasteiger partial charge is 0.497 e. The molecule has 0 saturated heterocycles. The minimum absolute atomic E-state index is 0.0649. The topological polar surface area (TPSA) is 59.8 Å². The molecule has 3 aromatic carbocycles. The lowest BCUT2D eigenvalue weighted by Crippen LogP contribution is -2.29. The number of benzene rings is 3. The van der Waals surface area contributed by atoms with E-state index in [0.29, 0.717) is 22.0 Å². The third-order valence-corrected chi connectivity index (χ3v) is 5.58. The number of rotatable bonds is 3. The number of fused-ring (bicyclic) bond motifs is 2. The van der Waals surface area contributed by atoms with E-state index in [-0.39, 0.29) is 22.3 Å². The van der Waals surface area contributed by atoms with Crippen LogP contribution in [0.2, 0.25) is 5.02 Å². The normalized spacial score (nSPS) is 15.4. The number of nitrogens with zero attached hydrogens (tertiary/aromatic N) is 1. The summed E-state index contributed by atoms with van der Waals surface area (Å²) in [6.07, 6.45) is 0. The van der Waals surface area contributed by atoms with Crippen LogP contribution in [0.3, 0.4) is 0 Å². The number of ether oxygens (including phenoxy) is 1. The van der Waals surface area contributed by atoms with Crippen LogP contribution in [-0.4, -0.2) is 13.0 Å². The fourth-order valence-corrected chi connectivity index (χ4v) is 4.15. The number of methoxy groups -OCH3 is 1. The van der Waals surface area contributed by atoms with Crippen LogP contribution in [0.5, 0.6) is 5.75 Å². The first-order valence-electron chi connectivity index (χ1n) is 9.47. The van der Waals surface area contributed by atoms with Crippen molar-refractivity contribution >= 4 is 34.2 Å². The maximum atomic E-state index is 13.8. The third-order valence-electron chi connectivity index (χ3n) is 5.35. The zero-order valence-corrected chi connectivity index (χ0v) is 17.0. The van der Waals surface area contributed by atoms with Crippen LogP contribution in [0.4, 0.5) is 10.1 Å². The summed E-state index contributed by atoms with van der Waals surface area (Å²) in [4.78, 5) is 28.3. The zero-order chi connectivity index (χ0) is 21.7. The number of hydrogen-bond donors (Lipinski definition) is 0. The molecular weight excluding hydrogens is 421 g/mol. The van der Waals surface area contributed by atoms with Gasteiger partial charge in [-0.1, -0.05) is 23.7 Å². The summed E-state index contributed by atoms with van der Waals surface area (Å²) in [5.74, 6) is -0.462. The number of hydrogen-bond acceptors (Lipinski definition) is 4. The van der Waals surface area contributed by atoms with Crippen LogP contribution in [-0.2, 0) is 0 Å². The van der Waals surface area contributed by atoms with Crippen molar-refractivity contribution in [2.24, 2.45) is 0 Å². The molecule has 0 aliphatic carbocycles. The SMILES string of the molecule is COc1ccc(N2C(=O)c3oc4ccc(F)cc4c(=O)c3C2c2cccc(Cl)c2)cc1. The highest BCUT2D eigenvalue weighted by atomic mass is 35.5. The van der Waals surface area contributed by atoms with E-state index in [1.54, 1.807) is 55.6 Å². The highest BCUT2D eigenvalue weighted by molar-refractivity contribution is 6.30. The second-order valence-corrected chi connectivity index (χ2v) is 7.58. The summed E-state index contributed by atoms with van der Waals surface area (Å²) in [6, 6.07) is 16.7. The lowest BCUT2D eigenvalue weighted by atomic mass is 9.98. The van der Waals surface area contributed by atoms with Crippen LogP contribution in [0.25, 0.3) is 11.0 Å². The first kappa shape index (κ1) is 19.3. The molecule has 0 N–H and O–H groups in total. The van der Waals surface area contributed by atoms with Gasteiger partial charge in [-0.05, 0) is 60.2 Å². The summed E-state index contributed by atoms with van der Waals surface area (Å²) in [7, 11) is 1.55. The molecule has 1 unspecified atom stereocenters. The smallest absolute Gasteiger partial charge is 0.295 e. The number of carbonyl (C=O) groups is 1. The van der Waals surface area contributed by atoms with E-state index >= 15 is 0 Å². The second kappa shape index (κ2) is 7.25. The standard InChI is InChI=1S/C24H15ClFNO4/c1-30-17-8-6-16(7-9-17)27-21(13-3-2-4-14(25)11-13)20-22(28)18-12-15(26)5-10-19(18)31-23(20)24(27)29/h2-12,21H,1H3. The summed E-state index contributed by atoms with van der Waals surface area (Å²) < 4.78 is 24.9. The molecule has 0 saturated carbocycles. The summed E-state index contributed by atoms with van der Waals surface area (Å²) >= 11 is 6.20. The van der Waals surface area contributed by atoms with Gasteiger partial charge < -0.3 is 9.15 Å². The molecule has 5 nitrogen and oxygen atoms in total. The highest BCUT2D eigenvalue weighted by Gasteiger charge is 2.43. The minimum Gasteiger partial charge on any atom is -0.497 e. The van der Waals surface area contributed by atoms with Crippen molar-refractivity contribution in [3.05, 3.63) is 105 Å². The van der Waals surface area contributed by atoms with Crippen LogP contribution < -0.4 is 15.1 Å². The molecule has 1 aromatic heterocycles. The van der Waals surface area contributed by atoms with Gasteiger partial charge in [-0.25, -0.2) is 4.39 Å². The van der Waals surface area contributed by atoms with Crippen LogP contribution in [0, 0.1) is 5.82 Å². The fraction of sp³-hybridized carbons (Fsp3) is 0.0833. The molecule has 4 aromatic rings. The van der Waals surface area contributed by atoms with Gasteiger partial charge in [-0.2, -0.15) is 0 Å². The average Bonchev–Trinajstić information content (AvgIpc) is 3.07. The van der Waals surface area contributed by atoms with Crippen molar-refractivity contribution in [3.63, 3.8) is 0 Å². The lowest BCUT2D eigenvalue weighted by molar-refractivity contribution is 0.0971. The first-order chi connectivity index (χ1) is 15.0. The molecule has 31 heavy (non-hydrogen) atoms. The van der Waals surface area contributed by atoms with Crippen molar-refractivity contribution in [3.8, 4) is 5.75 Å². The van der Waals surface area contributed by atoms with E-state index in [1.165, 1.54) is 17.0 Å². The van der Waals surface area contributed by atoms with Crippen molar-refractivity contribution < 1.29 is 18.3 Å². The molecular formula is C24H15ClFNO4. The van der Waals surface area contributed by atoms with Crippen LogP contribution >= 0.6 is 11.6 Å². The molecule has 0 radical (unpaired) electrons. The number of amides is 1. The zero-order valence-electron chi connectivity index (χ0n) is 16.3. The first-order valence-corrected chi connectivity index (χ1v) is 9.85. The Balaban J connectivity index is 1.80. The van der Waals surface area contributed by atoms with Gasteiger partial charge in [-0.3, -0.25) is 14.5 Å². The molecule has 0 bridgehead atoms. The molecule has 154 valence electrons. The number of carbonyl (C=O) groups excluding carboxylic acids is 1.